The first-order valence-corrected chi connectivity index (χ1v) is 18.6. The number of fused-ring (bicyclic) bond motifs is 9. The molecule has 0 aliphatic heterocycles. The maximum absolute atomic E-state index is 13.5. The number of nitrogens with zero attached hydrogens (tertiary/aromatic N) is 6. The Labute approximate surface area is 306 Å². The van der Waals surface area contributed by atoms with Gasteiger partial charge in [0.05, 0.1) is 44.4 Å². The van der Waals surface area contributed by atoms with Crippen LogP contribution in [0.3, 0.4) is 0 Å². The number of rotatable bonds is 2. The van der Waals surface area contributed by atoms with Crippen molar-refractivity contribution in [3.05, 3.63) is 128 Å². The number of thiophene rings is 4. The first-order valence-electron chi connectivity index (χ1n) is 15.3. The molecule has 0 radical (unpaired) electrons. The van der Waals surface area contributed by atoms with E-state index in [4.69, 9.17) is 23.1 Å². The van der Waals surface area contributed by atoms with Crippen molar-refractivity contribution in [1.29, 1.82) is 10.5 Å². The molecule has 0 atom stereocenters. The maximum atomic E-state index is 13.5. The van der Waals surface area contributed by atoms with Crippen LogP contribution in [0.2, 0.25) is 0 Å². The van der Waals surface area contributed by atoms with Crippen molar-refractivity contribution in [2.75, 3.05) is 0 Å². The minimum Gasteiger partial charge on any atom is -0.287 e. The van der Waals surface area contributed by atoms with E-state index in [1.165, 1.54) is 43.6 Å². The van der Waals surface area contributed by atoms with Crippen molar-refractivity contribution in [3.8, 4) is 21.9 Å². The Morgan fingerprint density at radius 2 is 1.06 bits per heavy atom. The van der Waals surface area contributed by atoms with Gasteiger partial charge >= 0.3 is 0 Å². The highest BCUT2D eigenvalue weighted by Gasteiger charge is 2.43. The van der Waals surface area contributed by atoms with Gasteiger partial charge in [-0.05, 0) is 34.4 Å². The number of hydrogen-bond donors (Lipinski definition) is 0. The van der Waals surface area contributed by atoms with Crippen molar-refractivity contribution >= 4 is 108 Å². The van der Waals surface area contributed by atoms with E-state index in [0.717, 1.165) is 18.8 Å². The van der Waals surface area contributed by atoms with Crippen LogP contribution in [0.5, 0.6) is 0 Å². The zero-order valence-electron chi connectivity index (χ0n) is 26.4. The molecule has 4 aromatic heterocycles. The molecule has 4 heterocycles. The highest BCUT2D eigenvalue weighted by molar-refractivity contribution is 7.36. The van der Waals surface area contributed by atoms with Gasteiger partial charge in [0, 0.05) is 37.1 Å². The normalized spacial score (nSPS) is 18.7. The average Bonchev–Trinajstić information content (AvgIpc) is 3.97. The van der Waals surface area contributed by atoms with Gasteiger partial charge in [-0.3, -0.25) is 9.59 Å². The van der Waals surface area contributed by atoms with E-state index in [1.54, 1.807) is 71.2 Å². The summed E-state index contributed by atoms with van der Waals surface area (Å²) in [7, 11) is 0. The molecular formula is C39H16N6O2S4. The Morgan fingerprint density at radius 3 is 1.43 bits per heavy atom. The van der Waals surface area contributed by atoms with Crippen LogP contribution >= 0.6 is 45.3 Å². The molecule has 0 saturated carbocycles. The molecule has 2 aromatic carbocycles. The number of ketones is 2. The molecule has 8 nitrogen and oxygen atoms in total. The molecule has 3 aliphatic rings. The molecule has 0 fully saturated rings. The van der Waals surface area contributed by atoms with Gasteiger partial charge in [0.15, 0.2) is 0 Å². The zero-order valence-corrected chi connectivity index (χ0v) is 29.7. The van der Waals surface area contributed by atoms with E-state index in [-0.39, 0.29) is 50.9 Å². The standard InChI is InChI=1S/C39H16N6O2S4/c1-39(2)29-35-23(13-25(50-35)44-31-27(21(15-40)42-3)17-9-5-7-11-19(17)33(31)46)48-37(29)38-30(39)36-24(49-38)14-26(51-36)45-32-28(22(16-41)43-4)18-10-6-8-12-20(18)34(32)47/h5-14H,1-2H3/b27-21+,28-22?,44-31?,45-32?. The van der Waals surface area contributed by atoms with E-state index >= 15 is 0 Å². The number of Topliss-reactive ketones (excluding diaryl/α,β-unsaturated/α-hetero) is 2. The van der Waals surface area contributed by atoms with E-state index in [0.29, 0.717) is 32.3 Å². The molecule has 3 aliphatic carbocycles. The summed E-state index contributed by atoms with van der Waals surface area (Å²) in [5, 5.41) is 20.7. The highest BCUT2D eigenvalue weighted by Crippen LogP contribution is 2.63. The minimum absolute atomic E-state index is 0.113. The quantitative estimate of drug-likeness (QED) is 0.130. The first kappa shape index (κ1) is 30.9. The van der Waals surface area contributed by atoms with Crippen molar-refractivity contribution < 1.29 is 9.59 Å². The fourth-order valence-corrected chi connectivity index (χ4v) is 13.0. The second kappa shape index (κ2) is 10.9. The number of aliphatic imine (C=N–C) groups is 2. The van der Waals surface area contributed by atoms with Crippen molar-refractivity contribution in [2.24, 2.45) is 9.98 Å². The SMILES string of the molecule is [C-]#[N+]C(C#N)=C1C(=Nc2cc3sc4c(c3s2)C(C)(C)c2c-4sc3cc(N=C4C(=O)c5ccccc5/C4=C(/C#N)[N+]#[C-])sc23)C(=O)c2ccccc21. The zero-order chi connectivity index (χ0) is 35.3. The fourth-order valence-electron chi connectivity index (χ4n) is 7.16. The largest absolute Gasteiger partial charge is 0.287 e. The molecule has 0 spiro atoms. The lowest BCUT2D eigenvalue weighted by Gasteiger charge is -2.19. The van der Waals surface area contributed by atoms with Gasteiger partial charge in [0.1, 0.15) is 21.4 Å². The summed E-state index contributed by atoms with van der Waals surface area (Å²) in [6.07, 6.45) is 0. The smallest absolute Gasteiger partial charge is 0.271 e. The van der Waals surface area contributed by atoms with E-state index in [1.807, 2.05) is 24.3 Å². The molecule has 0 N–H and O–H groups in total. The molecule has 0 bridgehead atoms. The number of hydrogen-bond acceptors (Lipinski definition) is 10. The van der Waals surface area contributed by atoms with Gasteiger partial charge in [-0.1, -0.05) is 62.4 Å². The summed E-state index contributed by atoms with van der Waals surface area (Å²) in [6, 6.07) is 21.8. The summed E-state index contributed by atoms with van der Waals surface area (Å²) in [6.45, 7) is 19.5. The lowest BCUT2D eigenvalue weighted by Crippen LogP contribution is -2.14. The summed E-state index contributed by atoms with van der Waals surface area (Å²) in [4.78, 5) is 45.7. The van der Waals surface area contributed by atoms with Crippen LogP contribution in [-0.4, -0.2) is 23.0 Å². The number of allylic oxidation sites excluding steroid dienone is 4. The summed E-state index contributed by atoms with van der Waals surface area (Å²) in [5.41, 5.74) is 4.44. The van der Waals surface area contributed by atoms with Crippen molar-refractivity contribution in [2.45, 2.75) is 19.3 Å². The summed E-state index contributed by atoms with van der Waals surface area (Å²) < 4.78 is 4.27. The van der Waals surface area contributed by atoms with Crippen LogP contribution in [0.15, 0.2) is 82.0 Å². The molecule has 9 rings (SSSR count). The second-order valence-electron chi connectivity index (χ2n) is 12.4. The molecule has 0 saturated heterocycles. The molecule has 0 unspecified atom stereocenters. The first-order chi connectivity index (χ1) is 24.7. The third kappa shape index (κ3) is 4.17. The Balaban J connectivity index is 1.13. The van der Waals surface area contributed by atoms with Crippen LogP contribution < -0.4 is 0 Å². The minimum atomic E-state index is -0.378. The average molecular weight is 729 g/mol. The predicted molar refractivity (Wildman–Crippen MR) is 205 cm³/mol. The van der Waals surface area contributed by atoms with Crippen molar-refractivity contribution in [3.63, 3.8) is 0 Å². The fraction of sp³-hybridized carbons (Fsp3) is 0.0769. The lowest BCUT2D eigenvalue weighted by molar-refractivity contribution is 0.106. The highest BCUT2D eigenvalue weighted by atomic mass is 32.1. The number of benzene rings is 2. The van der Waals surface area contributed by atoms with E-state index in [2.05, 4.69) is 23.5 Å². The van der Waals surface area contributed by atoms with Gasteiger partial charge < -0.3 is 0 Å². The Hall–Kier alpha value is -6.12. The van der Waals surface area contributed by atoms with Gasteiger partial charge in [-0.2, -0.15) is 0 Å². The molecule has 6 aromatic rings. The lowest BCUT2D eigenvalue weighted by atomic mass is 9.84. The third-order valence-corrected chi connectivity index (χ3v) is 14.1. The van der Waals surface area contributed by atoms with Crippen LogP contribution in [0, 0.1) is 35.8 Å². The molecular weight excluding hydrogens is 713 g/mol. The van der Waals surface area contributed by atoms with Gasteiger partial charge in [-0.15, -0.1) is 45.3 Å². The molecule has 0 amide bonds. The van der Waals surface area contributed by atoms with Gasteiger partial charge in [-0.25, -0.2) is 30.2 Å². The van der Waals surface area contributed by atoms with Crippen LogP contribution in [-0.2, 0) is 5.41 Å². The molecule has 238 valence electrons. The monoisotopic (exact) mass is 728 g/mol. The summed E-state index contributed by atoms with van der Waals surface area (Å²) >= 11 is 6.37. The van der Waals surface area contributed by atoms with Gasteiger partial charge in [0.2, 0.25) is 11.6 Å². The summed E-state index contributed by atoms with van der Waals surface area (Å²) in [5.74, 6) is -0.602. The maximum Gasteiger partial charge on any atom is 0.271 e. The predicted octanol–water partition coefficient (Wildman–Crippen LogP) is 10.8. The van der Waals surface area contributed by atoms with E-state index in [9.17, 15) is 20.1 Å². The third-order valence-electron chi connectivity index (χ3n) is 9.30. The number of carbonyl (C=O) groups is 2. The topological polar surface area (TPSA) is 115 Å². The Kier molecular flexibility index (Phi) is 6.63. The second-order valence-corrected chi connectivity index (χ2v) is 16.5. The van der Waals surface area contributed by atoms with Crippen LogP contribution in [0.1, 0.15) is 56.8 Å². The van der Waals surface area contributed by atoms with Crippen LogP contribution in [0.4, 0.5) is 10.0 Å². The molecule has 12 heteroatoms. The number of nitriles is 2. The Morgan fingerprint density at radius 1 is 0.667 bits per heavy atom. The molecule has 51 heavy (non-hydrogen) atoms. The Bertz CT molecular complexity index is 2750. The van der Waals surface area contributed by atoms with Gasteiger partial charge in [0.25, 0.3) is 11.4 Å². The van der Waals surface area contributed by atoms with Crippen LogP contribution in [0.25, 0.3) is 49.4 Å². The number of carbonyl (C=O) groups excluding carboxylic acids is 2. The van der Waals surface area contributed by atoms with Crippen molar-refractivity contribution in [1.82, 2.24) is 0 Å². The van der Waals surface area contributed by atoms with E-state index < -0.39 is 0 Å².